The molecule has 2 aliphatic rings. The predicted octanol–water partition coefficient (Wildman–Crippen LogP) is 3.02. The first kappa shape index (κ1) is 13.4. The number of likely N-dealkylation sites (tertiary alicyclic amines) is 1. The van der Waals surface area contributed by atoms with E-state index in [9.17, 15) is 0 Å². The Labute approximate surface area is 107 Å². The molecule has 2 N–H and O–H groups in total. The van der Waals surface area contributed by atoms with Crippen molar-refractivity contribution in [3.05, 3.63) is 0 Å². The Balaban J connectivity index is 1.81. The molecule has 0 radical (unpaired) electrons. The van der Waals surface area contributed by atoms with E-state index in [2.05, 4.69) is 11.8 Å². The highest BCUT2D eigenvalue weighted by Crippen LogP contribution is 2.32. The molecule has 2 heteroatoms. The summed E-state index contributed by atoms with van der Waals surface area (Å²) in [4.78, 5) is 2.71. The summed E-state index contributed by atoms with van der Waals surface area (Å²) in [6, 6.07) is 0.695. The number of piperidine rings is 1. The predicted molar refractivity (Wildman–Crippen MR) is 74.0 cm³/mol. The maximum atomic E-state index is 6.04. The highest BCUT2D eigenvalue weighted by Gasteiger charge is 2.30. The largest absolute Gasteiger partial charge is 0.329 e. The molecule has 0 aromatic carbocycles. The first-order valence-corrected chi connectivity index (χ1v) is 7.79. The molecule has 2 fully saturated rings. The lowest BCUT2D eigenvalue weighted by Gasteiger charge is -2.39. The van der Waals surface area contributed by atoms with Gasteiger partial charge < -0.3 is 5.73 Å². The van der Waals surface area contributed by atoms with Crippen molar-refractivity contribution in [2.45, 2.75) is 64.3 Å². The van der Waals surface area contributed by atoms with Crippen LogP contribution in [0, 0.1) is 11.8 Å². The maximum absolute atomic E-state index is 6.04. The summed E-state index contributed by atoms with van der Waals surface area (Å²) in [5.41, 5.74) is 6.04. The zero-order valence-corrected chi connectivity index (χ0v) is 11.5. The van der Waals surface area contributed by atoms with Crippen molar-refractivity contribution in [3.8, 4) is 0 Å². The van der Waals surface area contributed by atoms with Crippen LogP contribution < -0.4 is 5.73 Å². The summed E-state index contributed by atoms with van der Waals surface area (Å²) in [7, 11) is 0. The zero-order chi connectivity index (χ0) is 12.1. The van der Waals surface area contributed by atoms with Crippen LogP contribution in [-0.4, -0.2) is 30.6 Å². The normalized spacial score (nSPS) is 26.5. The van der Waals surface area contributed by atoms with E-state index in [-0.39, 0.29) is 0 Å². The second-order valence-corrected chi connectivity index (χ2v) is 6.12. The maximum Gasteiger partial charge on any atom is 0.0246 e. The summed E-state index contributed by atoms with van der Waals surface area (Å²) in [5, 5.41) is 0. The Morgan fingerprint density at radius 3 is 2.29 bits per heavy atom. The fourth-order valence-electron chi connectivity index (χ4n) is 3.96. The molecule has 1 saturated heterocycles. The number of rotatable bonds is 5. The van der Waals surface area contributed by atoms with Gasteiger partial charge in [-0.25, -0.2) is 0 Å². The minimum atomic E-state index is 0.695. The highest BCUT2D eigenvalue weighted by atomic mass is 15.2. The van der Waals surface area contributed by atoms with Crippen LogP contribution in [0.3, 0.4) is 0 Å². The molecule has 1 saturated carbocycles. The molecular formula is C15H30N2. The van der Waals surface area contributed by atoms with Crippen LogP contribution in [0.15, 0.2) is 0 Å². The van der Waals surface area contributed by atoms with Crippen LogP contribution in [0.25, 0.3) is 0 Å². The quantitative estimate of drug-likeness (QED) is 0.798. The Kier molecular flexibility index (Phi) is 5.30. The average Bonchev–Trinajstić information content (AvgIpc) is 2.86. The van der Waals surface area contributed by atoms with Gasteiger partial charge in [-0.05, 0) is 50.6 Å². The summed E-state index contributed by atoms with van der Waals surface area (Å²) in [6.07, 6.45) is 11.3. The summed E-state index contributed by atoms with van der Waals surface area (Å²) in [5.74, 6) is 1.90. The Morgan fingerprint density at radius 1 is 1.12 bits per heavy atom. The van der Waals surface area contributed by atoms with Crippen molar-refractivity contribution in [1.82, 2.24) is 4.90 Å². The monoisotopic (exact) mass is 238 g/mol. The fourth-order valence-corrected chi connectivity index (χ4v) is 3.96. The number of hydrogen-bond donors (Lipinski definition) is 1. The van der Waals surface area contributed by atoms with Gasteiger partial charge in [0.05, 0.1) is 0 Å². The van der Waals surface area contributed by atoms with E-state index in [4.69, 9.17) is 5.73 Å². The van der Waals surface area contributed by atoms with Crippen molar-refractivity contribution in [3.63, 3.8) is 0 Å². The van der Waals surface area contributed by atoms with Gasteiger partial charge in [-0.3, -0.25) is 4.90 Å². The molecule has 2 rings (SSSR count). The molecule has 17 heavy (non-hydrogen) atoms. The van der Waals surface area contributed by atoms with Gasteiger partial charge in [0.2, 0.25) is 0 Å². The van der Waals surface area contributed by atoms with Gasteiger partial charge in [0.15, 0.2) is 0 Å². The van der Waals surface area contributed by atoms with Gasteiger partial charge in [-0.15, -0.1) is 0 Å². The SMILES string of the molecule is CCCC1CCN(C(CN)C2CCCC2)CC1. The molecule has 0 amide bonds. The van der Waals surface area contributed by atoms with Gasteiger partial charge in [0, 0.05) is 12.6 Å². The van der Waals surface area contributed by atoms with Crippen LogP contribution >= 0.6 is 0 Å². The first-order chi connectivity index (χ1) is 8.35. The lowest BCUT2D eigenvalue weighted by Crippen LogP contribution is -2.48. The van der Waals surface area contributed by atoms with Crippen LogP contribution in [0.2, 0.25) is 0 Å². The van der Waals surface area contributed by atoms with Gasteiger partial charge in [-0.2, -0.15) is 0 Å². The summed E-state index contributed by atoms with van der Waals surface area (Å²) in [6.45, 7) is 5.81. The zero-order valence-electron chi connectivity index (χ0n) is 11.5. The number of hydrogen-bond acceptors (Lipinski definition) is 2. The van der Waals surface area contributed by atoms with E-state index in [1.165, 1.54) is 64.5 Å². The lowest BCUT2D eigenvalue weighted by atomic mass is 9.89. The molecule has 2 nitrogen and oxygen atoms in total. The standard InChI is InChI=1S/C15H30N2/c1-2-5-13-8-10-17(11-9-13)15(12-16)14-6-3-4-7-14/h13-15H,2-12,16H2,1H3. The van der Waals surface area contributed by atoms with Gasteiger partial charge in [0.25, 0.3) is 0 Å². The smallest absolute Gasteiger partial charge is 0.0246 e. The van der Waals surface area contributed by atoms with E-state index in [1.807, 2.05) is 0 Å². The van der Waals surface area contributed by atoms with Crippen molar-refractivity contribution in [2.24, 2.45) is 17.6 Å². The third-order valence-corrected chi connectivity index (χ3v) is 5.00. The Bertz CT molecular complexity index is 203. The second-order valence-electron chi connectivity index (χ2n) is 6.12. The van der Waals surface area contributed by atoms with Crippen LogP contribution in [0.5, 0.6) is 0 Å². The molecule has 0 aromatic rings. The molecule has 1 atom stereocenters. The molecule has 1 aliphatic heterocycles. The van der Waals surface area contributed by atoms with Crippen molar-refractivity contribution in [2.75, 3.05) is 19.6 Å². The summed E-state index contributed by atoms with van der Waals surface area (Å²) >= 11 is 0. The Hall–Kier alpha value is -0.0800. The summed E-state index contributed by atoms with van der Waals surface area (Å²) < 4.78 is 0. The van der Waals surface area contributed by atoms with Gasteiger partial charge >= 0.3 is 0 Å². The third kappa shape index (κ3) is 3.45. The Morgan fingerprint density at radius 2 is 1.76 bits per heavy atom. The van der Waals surface area contributed by atoms with Gasteiger partial charge in [-0.1, -0.05) is 32.6 Å². The topological polar surface area (TPSA) is 29.3 Å². The van der Waals surface area contributed by atoms with E-state index in [0.29, 0.717) is 6.04 Å². The third-order valence-electron chi connectivity index (χ3n) is 5.00. The van der Waals surface area contributed by atoms with E-state index < -0.39 is 0 Å². The molecule has 0 aromatic heterocycles. The van der Waals surface area contributed by atoms with Crippen molar-refractivity contribution >= 4 is 0 Å². The minimum absolute atomic E-state index is 0.695. The molecule has 100 valence electrons. The van der Waals surface area contributed by atoms with Crippen molar-refractivity contribution in [1.29, 1.82) is 0 Å². The fraction of sp³-hybridized carbons (Fsp3) is 1.00. The first-order valence-electron chi connectivity index (χ1n) is 7.79. The average molecular weight is 238 g/mol. The second kappa shape index (κ2) is 6.75. The van der Waals surface area contributed by atoms with E-state index >= 15 is 0 Å². The molecule has 0 bridgehead atoms. The van der Waals surface area contributed by atoms with Crippen molar-refractivity contribution < 1.29 is 0 Å². The molecule has 1 heterocycles. The van der Waals surface area contributed by atoms with E-state index in [1.54, 1.807) is 0 Å². The van der Waals surface area contributed by atoms with E-state index in [0.717, 1.165) is 18.4 Å². The number of nitrogens with two attached hydrogens (primary N) is 1. The van der Waals surface area contributed by atoms with Crippen LogP contribution in [0.1, 0.15) is 58.3 Å². The highest BCUT2D eigenvalue weighted by molar-refractivity contribution is 4.86. The van der Waals surface area contributed by atoms with Gasteiger partial charge in [0.1, 0.15) is 0 Å². The molecule has 1 aliphatic carbocycles. The molecule has 0 spiro atoms. The van der Waals surface area contributed by atoms with Crippen LogP contribution in [-0.2, 0) is 0 Å². The number of nitrogens with zero attached hydrogens (tertiary/aromatic N) is 1. The molecule has 1 unspecified atom stereocenters. The lowest BCUT2D eigenvalue weighted by molar-refractivity contribution is 0.0972. The minimum Gasteiger partial charge on any atom is -0.329 e. The van der Waals surface area contributed by atoms with Crippen LogP contribution in [0.4, 0.5) is 0 Å². The molecular weight excluding hydrogens is 208 g/mol.